The maximum absolute atomic E-state index is 13.7. The summed E-state index contributed by atoms with van der Waals surface area (Å²) in [4.78, 5) is 12.3. The summed E-state index contributed by atoms with van der Waals surface area (Å²) >= 11 is 3.25. The predicted molar refractivity (Wildman–Crippen MR) is 156 cm³/mol. The largest absolute Gasteiger partial charge is 0.416 e. The zero-order valence-corrected chi connectivity index (χ0v) is 25.8. The molecule has 16 heteroatoms. The average molecular weight is 721 g/mol. The average Bonchev–Trinajstić information content (AvgIpc) is 3.61. The molecule has 2 aromatic heterocycles. The van der Waals surface area contributed by atoms with Gasteiger partial charge in [-0.2, -0.15) is 44.6 Å². The second kappa shape index (κ2) is 12.4. The van der Waals surface area contributed by atoms with Crippen molar-refractivity contribution in [1.29, 1.82) is 0 Å². The molecule has 0 radical (unpaired) electrons. The Morgan fingerprint density at radius 1 is 0.826 bits per heavy atom. The summed E-state index contributed by atoms with van der Waals surface area (Å²) in [7, 11) is 1.72. The number of rotatable bonds is 7. The Morgan fingerprint density at radius 3 is 1.93 bits per heavy atom. The van der Waals surface area contributed by atoms with Crippen molar-refractivity contribution in [3.63, 3.8) is 0 Å². The van der Waals surface area contributed by atoms with E-state index in [0.29, 0.717) is 41.8 Å². The van der Waals surface area contributed by atoms with E-state index in [1.54, 1.807) is 29.0 Å². The SMILES string of the molecule is CC[C@@H]1C[C@H](N(Cc2cc(C(F)(F)F)cc(C(F)(F)F)c2)c2ncc(-c3cnn(C)c3)cn2)CN1c1ccc(C(F)(F)F)cc1Br. The molecule has 3 heterocycles. The predicted octanol–water partition coefficient (Wildman–Crippen LogP) is 8.76. The second-order valence-corrected chi connectivity index (χ2v) is 11.8. The molecule has 1 fully saturated rings. The second-order valence-electron chi connectivity index (χ2n) is 11.0. The van der Waals surface area contributed by atoms with Gasteiger partial charge in [-0.15, -0.1) is 0 Å². The van der Waals surface area contributed by atoms with Gasteiger partial charge in [0.15, 0.2) is 0 Å². The molecule has 1 aliphatic rings. The third kappa shape index (κ3) is 7.26. The minimum Gasteiger partial charge on any atom is -0.366 e. The van der Waals surface area contributed by atoms with Crippen molar-refractivity contribution in [2.24, 2.45) is 7.05 Å². The lowest BCUT2D eigenvalue weighted by atomic mass is 10.0. The molecular weight excluding hydrogens is 695 g/mol. The molecular formula is C30H26BrF9N6. The van der Waals surface area contributed by atoms with Crippen LogP contribution in [0.4, 0.5) is 51.1 Å². The number of alkyl halides is 9. The Morgan fingerprint density at radius 2 is 1.43 bits per heavy atom. The van der Waals surface area contributed by atoms with Crippen LogP contribution in [0.1, 0.15) is 42.0 Å². The normalized spacial score (nSPS) is 17.5. The molecule has 2 aromatic carbocycles. The van der Waals surface area contributed by atoms with E-state index in [1.165, 1.54) is 18.5 Å². The summed E-state index contributed by atoms with van der Waals surface area (Å²) in [5.41, 5.74) is -2.25. The Hall–Kier alpha value is -3.82. The highest BCUT2D eigenvalue weighted by Gasteiger charge is 2.40. The standard InChI is InChI=1S/C30H26BrF9N6/c1-3-23-10-24(16-45(23)26-5-4-20(9-25(26)31)28(32,33)34)46(27-41-11-18(12-42-27)19-13-43-44(2)15-19)14-17-6-21(29(35,36)37)8-22(7-17)30(38,39)40/h4-9,11-13,15,23-24H,3,10,14,16H2,1-2H3/t23-,24+/m1/s1. The lowest BCUT2D eigenvalue weighted by molar-refractivity contribution is -0.143. The first-order valence-electron chi connectivity index (χ1n) is 13.9. The van der Waals surface area contributed by atoms with Crippen LogP contribution in [0.5, 0.6) is 0 Å². The first-order valence-corrected chi connectivity index (χ1v) is 14.7. The molecule has 5 rings (SSSR count). The highest BCUT2D eigenvalue weighted by atomic mass is 79.9. The lowest BCUT2D eigenvalue weighted by Gasteiger charge is -2.30. The van der Waals surface area contributed by atoms with Gasteiger partial charge >= 0.3 is 18.5 Å². The van der Waals surface area contributed by atoms with Crippen molar-refractivity contribution in [3.8, 4) is 11.1 Å². The van der Waals surface area contributed by atoms with Crippen LogP contribution in [-0.4, -0.2) is 38.4 Å². The quantitative estimate of drug-likeness (QED) is 0.179. The van der Waals surface area contributed by atoms with Crippen LogP contribution in [0.25, 0.3) is 11.1 Å². The topological polar surface area (TPSA) is 50.1 Å². The summed E-state index contributed by atoms with van der Waals surface area (Å²) in [6.45, 7) is 1.66. The number of nitrogens with zero attached hydrogens (tertiary/aromatic N) is 6. The monoisotopic (exact) mass is 720 g/mol. The number of hydrogen-bond acceptors (Lipinski definition) is 5. The van der Waals surface area contributed by atoms with Crippen molar-refractivity contribution >= 4 is 27.6 Å². The van der Waals surface area contributed by atoms with Crippen LogP contribution >= 0.6 is 15.9 Å². The van der Waals surface area contributed by atoms with Gasteiger partial charge in [-0.25, -0.2) is 9.97 Å². The van der Waals surface area contributed by atoms with E-state index >= 15 is 0 Å². The molecule has 0 saturated carbocycles. The van der Waals surface area contributed by atoms with Crippen LogP contribution in [0.15, 0.2) is 65.7 Å². The molecule has 1 saturated heterocycles. The molecule has 2 atom stereocenters. The summed E-state index contributed by atoms with van der Waals surface area (Å²) < 4.78 is 124. The van der Waals surface area contributed by atoms with Gasteiger partial charge in [0.2, 0.25) is 5.95 Å². The zero-order valence-electron chi connectivity index (χ0n) is 24.2. The van der Waals surface area contributed by atoms with E-state index in [1.807, 2.05) is 11.8 Å². The maximum Gasteiger partial charge on any atom is 0.416 e. The Balaban J connectivity index is 1.55. The fourth-order valence-corrected chi connectivity index (χ4v) is 6.18. The maximum atomic E-state index is 13.7. The molecule has 1 aliphatic heterocycles. The van der Waals surface area contributed by atoms with Crippen LogP contribution in [0.3, 0.4) is 0 Å². The van der Waals surface area contributed by atoms with Crippen molar-refractivity contribution in [1.82, 2.24) is 19.7 Å². The number of anilines is 2. The van der Waals surface area contributed by atoms with Gasteiger partial charge in [-0.3, -0.25) is 4.68 Å². The van der Waals surface area contributed by atoms with Crippen LogP contribution in [-0.2, 0) is 32.1 Å². The molecule has 6 nitrogen and oxygen atoms in total. The number of aromatic nitrogens is 4. The molecule has 0 aliphatic carbocycles. The number of aryl methyl sites for hydroxylation is 1. The van der Waals surface area contributed by atoms with Gasteiger partial charge in [-0.05, 0) is 70.7 Å². The molecule has 46 heavy (non-hydrogen) atoms. The minimum atomic E-state index is -5.03. The van der Waals surface area contributed by atoms with E-state index in [9.17, 15) is 39.5 Å². The van der Waals surface area contributed by atoms with Crippen LogP contribution < -0.4 is 9.80 Å². The highest BCUT2D eigenvalue weighted by molar-refractivity contribution is 9.10. The first-order chi connectivity index (χ1) is 21.4. The van der Waals surface area contributed by atoms with Gasteiger partial charge in [0.25, 0.3) is 0 Å². The lowest BCUT2D eigenvalue weighted by Crippen LogP contribution is -2.38. The Bertz CT molecular complexity index is 1650. The number of halogens is 10. The first kappa shape index (κ1) is 33.5. The molecule has 0 N–H and O–H groups in total. The third-order valence-corrected chi connectivity index (χ3v) is 8.46. The van der Waals surface area contributed by atoms with E-state index in [2.05, 4.69) is 31.0 Å². The van der Waals surface area contributed by atoms with Gasteiger partial charge in [0.05, 0.1) is 34.6 Å². The van der Waals surface area contributed by atoms with Gasteiger partial charge in [0.1, 0.15) is 0 Å². The van der Waals surface area contributed by atoms with Crippen molar-refractivity contribution in [2.75, 3.05) is 16.3 Å². The summed E-state index contributed by atoms with van der Waals surface area (Å²) in [5.74, 6) is 0.0619. The fraction of sp³-hybridized carbons (Fsp3) is 0.367. The van der Waals surface area contributed by atoms with E-state index in [4.69, 9.17) is 0 Å². The number of benzene rings is 2. The smallest absolute Gasteiger partial charge is 0.366 e. The molecule has 0 unspecified atom stereocenters. The van der Waals surface area contributed by atoms with Gasteiger partial charge < -0.3 is 9.80 Å². The van der Waals surface area contributed by atoms with E-state index in [-0.39, 0.29) is 34.6 Å². The van der Waals surface area contributed by atoms with Crippen LogP contribution in [0, 0.1) is 0 Å². The molecule has 0 amide bonds. The highest BCUT2D eigenvalue weighted by Crippen LogP contribution is 2.41. The van der Waals surface area contributed by atoms with Crippen molar-refractivity contribution in [2.45, 2.75) is 56.9 Å². The summed E-state index contributed by atoms with van der Waals surface area (Å²) in [5, 5.41) is 4.10. The van der Waals surface area contributed by atoms with E-state index in [0.717, 1.165) is 12.1 Å². The van der Waals surface area contributed by atoms with Gasteiger partial charge in [0, 0.05) is 60.4 Å². The van der Waals surface area contributed by atoms with Crippen molar-refractivity contribution in [3.05, 3.63) is 87.9 Å². The van der Waals surface area contributed by atoms with Crippen molar-refractivity contribution < 1.29 is 39.5 Å². The van der Waals surface area contributed by atoms with Crippen LogP contribution in [0.2, 0.25) is 0 Å². The fourth-order valence-electron chi connectivity index (χ4n) is 5.58. The Labute approximate surface area is 266 Å². The van der Waals surface area contributed by atoms with Gasteiger partial charge in [-0.1, -0.05) is 6.92 Å². The summed E-state index contributed by atoms with van der Waals surface area (Å²) in [6, 6.07) is 3.91. The minimum absolute atomic E-state index is 0.0619. The summed E-state index contributed by atoms with van der Waals surface area (Å²) in [6.07, 6.45) is -7.42. The third-order valence-electron chi connectivity index (χ3n) is 7.82. The Kier molecular flexibility index (Phi) is 9.05. The molecule has 0 bridgehead atoms. The zero-order chi connectivity index (χ0) is 33.6. The molecule has 246 valence electrons. The molecule has 4 aromatic rings. The van der Waals surface area contributed by atoms with E-state index < -0.39 is 47.8 Å². The number of hydrogen-bond donors (Lipinski definition) is 0. The molecule has 0 spiro atoms.